The van der Waals surface area contributed by atoms with E-state index in [4.69, 9.17) is 9.47 Å². The fraction of sp³-hybridized carbons (Fsp3) is 0. The normalized spacial score (nSPS) is 11.6. The molecule has 10 rings (SSSR count). The number of benzene rings is 9. The second-order valence-electron chi connectivity index (χ2n) is 13.8. The molecule has 0 fully saturated rings. The van der Waals surface area contributed by atoms with Gasteiger partial charge in [-0.25, -0.2) is 0 Å². The molecule has 0 saturated heterocycles. The van der Waals surface area contributed by atoms with Gasteiger partial charge in [-0.2, -0.15) is 0 Å². The highest BCUT2D eigenvalue weighted by molar-refractivity contribution is 5.98. The molecule has 0 radical (unpaired) electrons. The van der Waals surface area contributed by atoms with E-state index in [-0.39, 0.29) is 0 Å². The molecule has 1 aliphatic heterocycles. The van der Waals surface area contributed by atoms with Crippen molar-refractivity contribution in [1.29, 1.82) is 0 Å². The third kappa shape index (κ3) is 6.28. The van der Waals surface area contributed by atoms with Gasteiger partial charge in [0.25, 0.3) is 0 Å². The minimum atomic E-state index is 0.711. The van der Waals surface area contributed by atoms with Gasteiger partial charge in [-0.1, -0.05) is 146 Å². The first-order chi connectivity index (χ1) is 27.2. The molecule has 1 aliphatic rings. The lowest BCUT2D eigenvalue weighted by Gasteiger charge is -2.26. The van der Waals surface area contributed by atoms with Crippen LogP contribution in [0.4, 0.5) is 17.1 Å². The molecule has 3 nitrogen and oxygen atoms in total. The Morgan fingerprint density at radius 2 is 0.618 bits per heavy atom. The molecule has 260 valence electrons. The predicted molar refractivity (Wildman–Crippen MR) is 227 cm³/mol. The van der Waals surface area contributed by atoms with Gasteiger partial charge in [0.2, 0.25) is 0 Å². The summed E-state index contributed by atoms with van der Waals surface area (Å²) in [4.78, 5) is 2.32. The predicted octanol–water partition coefficient (Wildman–Crippen LogP) is 14.9. The van der Waals surface area contributed by atoms with Crippen LogP contribution in [0, 0.1) is 0 Å². The summed E-state index contributed by atoms with van der Waals surface area (Å²) in [5.41, 5.74) is 12.6. The van der Waals surface area contributed by atoms with Gasteiger partial charge in [0, 0.05) is 17.1 Å². The van der Waals surface area contributed by atoms with Crippen LogP contribution < -0.4 is 14.4 Å². The van der Waals surface area contributed by atoms with E-state index in [1.54, 1.807) is 0 Å². The minimum absolute atomic E-state index is 0.711. The molecule has 1 heterocycles. The lowest BCUT2D eigenvalue weighted by molar-refractivity contribution is 0.439. The van der Waals surface area contributed by atoms with Crippen LogP contribution >= 0.6 is 0 Å². The smallest absolute Gasteiger partial charge is 0.169 e. The quantitative estimate of drug-likeness (QED) is 0.165. The Morgan fingerprint density at radius 1 is 0.255 bits per heavy atom. The largest absolute Gasteiger partial charge is 0.453 e. The number of hydrogen-bond donors (Lipinski definition) is 0. The molecule has 9 aromatic rings. The number of fused-ring (bicyclic) bond motifs is 1. The molecule has 0 aliphatic carbocycles. The Balaban J connectivity index is 0.959. The molecule has 55 heavy (non-hydrogen) atoms. The highest BCUT2D eigenvalue weighted by Gasteiger charge is 2.20. The van der Waals surface area contributed by atoms with Crippen molar-refractivity contribution in [3.63, 3.8) is 0 Å². The van der Waals surface area contributed by atoms with Crippen molar-refractivity contribution in [3.05, 3.63) is 212 Å². The Hall–Kier alpha value is -7.36. The van der Waals surface area contributed by atoms with E-state index in [0.717, 1.165) is 61.6 Å². The zero-order valence-electron chi connectivity index (χ0n) is 30.0. The first-order valence-corrected chi connectivity index (χ1v) is 18.6. The van der Waals surface area contributed by atoms with Crippen LogP contribution in [0.3, 0.4) is 0 Å². The summed E-state index contributed by atoms with van der Waals surface area (Å²) in [5, 5.41) is 2.05. The van der Waals surface area contributed by atoms with Crippen molar-refractivity contribution in [2.45, 2.75) is 0 Å². The Bertz CT molecular complexity index is 2680. The average molecular weight is 706 g/mol. The second kappa shape index (κ2) is 13.9. The molecule has 3 heteroatoms. The molecule has 0 N–H and O–H groups in total. The first kappa shape index (κ1) is 32.3. The van der Waals surface area contributed by atoms with Crippen LogP contribution in [0.5, 0.6) is 23.0 Å². The summed E-state index contributed by atoms with van der Waals surface area (Å²) < 4.78 is 12.7. The van der Waals surface area contributed by atoms with Gasteiger partial charge in [0.05, 0.1) is 5.39 Å². The van der Waals surface area contributed by atoms with Crippen molar-refractivity contribution in [2.24, 2.45) is 0 Å². The van der Waals surface area contributed by atoms with Crippen LogP contribution in [-0.4, -0.2) is 0 Å². The fourth-order valence-electron chi connectivity index (χ4n) is 7.52. The number of para-hydroxylation sites is 2. The molecule has 0 amide bonds. The van der Waals surface area contributed by atoms with Crippen LogP contribution in [0.25, 0.3) is 55.3 Å². The van der Waals surface area contributed by atoms with E-state index in [2.05, 4.69) is 181 Å². The van der Waals surface area contributed by atoms with Gasteiger partial charge in [-0.05, 0) is 117 Å². The third-order valence-corrected chi connectivity index (χ3v) is 10.3. The highest BCUT2D eigenvalue weighted by atomic mass is 16.5. The summed E-state index contributed by atoms with van der Waals surface area (Å²) in [6.45, 7) is 0. The highest BCUT2D eigenvalue weighted by Crippen LogP contribution is 2.47. The van der Waals surface area contributed by atoms with E-state index < -0.39 is 0 Å². The maximum absolute atomic E-state index is 6.45. The molecule has 0 saturated carbocycles. The van der Waals surface area contributed by atoms with Gasteiger partial charge in [-0.15, -0.1) is 0 Å². The summed E-state index contributed by atoms with van der Waals surface area (Å²) in [7, 11) is 0. The van der Waals surface area contributed by atoms with Crippen molar-refractivity contribution >= 4 is 27.8 Å². The maximum Gasteiger partial charge on any atom is 0.169 e. The van der Waals surface area contributed by atoms with Crippen molar-refractivity contribution in [2.75, 3.05) is 4.90 Å². The molecule has 9 aromatic carbocycles. The number of ether oxygens (including phenoxy) is 2. The standard InChI is InChI=1S/C52H35NO2/c1-3-10-36(11-4-1)39-22-28-45(29-23-39)53(46-30-24-40(25-31-46)37-12-5-2-6-13-37)47-32-26-41(27-33-47)38-18-20-42(21-19-38)44-34-43-14-9-17-50-52(43)51(35-44)55-49-16-8-7-15-48(49)54-50/h1-35H. The van der Waals surface area contributed by atoms with Gasteiger partial charge >= 0.3 is 0 Å². The van der Waals surface area contributed by atoms with Gasteiger partial charge in [0.15, 0.2) is 11.5 Å². The van der Waals surface area contributed by atoms with Crippen molar-refractivity contribution in [1.82, 2.24) is 0 Å². The van der Waals surface area contributed by atoms with Crippen LogP contribution in [0.1, 0.15) is 0 Å². The van der Waals surface area contributed by atoms with E-state index in [0.29, 0.717) is 11.5 Å². The minimum Gasteiger partial charge on any atom is -0.453 e. The average Bonchev–Trinajstić information content (AvgIpc) is 3.42. The molecule has 0 atom stereocenters. The number of anilines is 3. The Kier molecular flexibility index (Phi) is 8.16. The van der Waals surface area contributed by atoms with E-state index >= 15 is 0 Å². The van der Waals surface area contributed by atoms with Crippen LogP contribution in [0.15, 0.2) is 212 Å². The number of rotatable bonds is 7. The fourth-order valence-corrected chi connectivity index (χ4v) is 7.52. The molecular formula is C52H35NO2. The van der Waals surface area contributed by atoms with E-state index in [9.17, 15) is 0 Å². The Morgan fingerprint density at radius 3 is 1.09 bits per heavy atom. The second-order valence-corrected chi connectivity index (χ2v) is 13.8. The summed E-state index contributed by atoms with van der Waals surface area (Å²) in [6.07, 6.45) is 0. The maximum atomic E-state index is 6.45. The Labute approximate surface area is 320 Å². The molecule has 0 spiro atoms. The number of nitrogens with zero attached hydrogens (tertiary/aromatic N) is 1. The van der Waals surface area contributed by atoms with Gasteiger partial charge < -0.3 is 14.4 Å². The SMILES string of the molecule is c1ccc(-c2ccc(N(c3ccc(-c4ccccc4)cc3)c3ccc(-c4ccc(-c5cc6c7c(cccc7c5)Oc5ccccc5O6)cc4)cc3)cc2)cc1. The van der Waals surface area contributed by atoms with E-state index in [1.165, 1.54) is 22.3 Å². The first-order valence-electron chi connectivity index (χ1n) is 18.6. The van der Waals surface area contributed by atoms with Gasteiger partial charge in [-0.3, -0.25) is 0 Å². The molecular weight excluding hydrogens is 671 g/mol. The third-order valence-electron chi connectivity index (χ3n) is 10.3. The summed E-state index contributed by atoms with van der Waals surface area (Å²) >= 11 is 0. The van der Waals surface area contributed by atoms with E-state index in [1.807, 2.05) is 36.4 Å². The molecule has 0 unspecified atom stereocenters. The number of hydrogen-bond acceptors (Lipinski definition) is 3. The monoisotopic (exact) mass is 705 g/mol. The van der Waals surface area contributed by atoms with Crippen molar-refractivity contribution in [3.8, 4) is 67.5 Å². The molecule has 0 aromatic heterocycles. The van der Waals surface area contributed by atoms with Crippen LogP contribution in [0.2, 0.25) is 0 Å². The topological polar surface area (TPSA) is 21.7 Å². The molecule has 0 bridgehead atoms. The van der Waals surface area contributed by atoms with Crippen molar-refractivity contribution < 1.29 is 9.47 Å². The van der Waals surface area contributed by atoms with Crippen LogP contribution in [-0.2, 0) is 0 Å². The lowest BCUT2D eigenvalue weighted by Crippen LogP contribution is -2.09. The summed E-state index contributed by atoms with van der Waals surface area (Å²) in [5.74, 6) is 3.02. The zero-order valence-corrected chi connectivity index (χ0v) is 30.0. The zero-order chi connectivity index (χ0) is 36.6. The van der Waals surface area contributed by atoms with Gasteiger partial charge in [0.1, 0.15) is 11.5 Å². The summed E-state index contributed by atoms with van der Waals surface area (Å²) in [6, 6.07) is 74.6. The lowest BCUT2D eigenvalue weighted by atomic mass is 9.97.